The molecule has 2 N–H and O–H groups in total. The Labute approximate surface area is 128 Å². The summed E-state index contributed by atoms with van der Waals surface area (Å²) >= 11 is 1.85. The third-order valence-electron chi connectivity index (χ3n) is 2.15. The van der Waals surface area contributed by atoms with E-state index in [1.165, 1.54) is 12.8 Å². The van der Waals surface area contributed by atoms with Crippen LogP contribution in [0.3, 0.4) is 0 Å². The lowest BCUT2D eigenvalue weighted by Gasteiger charge is -2.10. The highest BCUT2D eigenvalue weighted by Crippen LogP contribution is 2.02. The molecule has 0 aliphatic rings. The minimum atomic E-state index is 0. The summed E-state index contributed by atoms with van der Waals surface area (Å²) in [5.74, 6) is 2.86. The van der Waals surface area contributed by atoms with Crippen LogP contribution in [0.1, 0.15) is 33.6 Å². The van der Waals surface area contributed by atoms with E-state index >= 15 is 0 Å². The van der Waals surface area contributed by atoms with Crippen molar-refractivity contribution in [1.29, 1.82) is 0 Å². The fourth-order valence-electron chi connectivity index (χ4n) is 1.30. The first-order valence-corrected chi connectivity index (χ1v) is 7.61. The smallest absolute Gasteiger partial charge is 0.191 e. The Kier molecular flexibility index (Phi) is 16.7. The van der Waals surface area contributed by atoms with Crippen LogP contribution in [-0.2, 0) is 0 Å². The van der Waals surface area contributed by atoms with Crippen molar-refractivity contribution in [3.05, 3.63) is 0 Å². The van der Waals surface area contributed by atoms with Crippen molar-refractivity contribution < 1.29 is 0 Å². The summed E-state index contributed by atoms with van der Waals surface area (Å²) in [5.41, 5.74) is 0. The van der Waals surface area contributed by atoms with Crippen LogP contribution in [0.15, 0.2) is 4.99 Å². The van der Waals surface area contributed by atoms with Crippen molar-refractivity contribution in [3.8, 4) is 0 Å². The predicted molar refractivity (Wildman–Crippen MR) is 91.9 cm³/mol. The molecule has 0 aliphatic heterocycles. The normalized spacial score (nSPS) is 11.2. The molecule has 0 aliphatic carbocycles. The van der Waals surface area contributed by atoms with Crippen molar-refractivity contribution in [1.82, 2.24) is 10.6 Å². The predicted octanol–water partition coefficient (Wildman–Crippen LogP) is 2.96. The number of hydrogen-bond donors (Lipinski definition) is 2. The lowest BCUT2D eigenvalue weighted by atomic mass is 10.1. The highest BCUT2D eigenvalue weighted by molar-refractivity contribution is 14.0. The molecule has 0 heterocycles. The summed E-state index contributed by atoms with van der Waals surface area (Å²) in [7, 11) is 0. The molecular formula is C12H28IN3S. The minimum Gasteiger partial charge on any atom is -0.357 e. The molecule has 0 amide bonds. The molecule has 0 fully saturated rings. The first-order chi connectivity index (χ1) is 7.70. The maximum atomic E-state index is 4.54. The molecule has 104 valence electrons. The van der Waals surface area contributed by atoms with Gasteiger partial charge in [0.05, 0.1) is 0 Å². The monoisotopic (exact) mass is 373 g/mol. The summed E-state index contributed by atoms with van der Waals surface area (Å²) in [6.07, 6.45) is 4.55. The van der Waals surface area contributed by atoms with Crippen LogP contribution < -0.4 is 10.6 Å². The highest BCUT2D eigenvalue weighted by atomic mass is 127. The van der Waals surface area contributed by atoms with Crippen LogP contribution in [0.5, 0.6) is 0 Å². The van der Waals surface area contributed by atoms with Gasteiger partial charge in [-0.1, -0.05) is 13.8 Å². The Balaban J connectivity index is 0. The van der Waals surface area contributed by atoms with E-state index in [9.17, 15) is 0 Å². The first-order valence-electron chi connectivity index (χ1n) is 6.21. The Morgan fingerprint density at radius 3 is 2.53 bits per heavy atom. The van der Waals surface area contributed by atoms with E-state index in [2.05, 4.69) is 42.7 Å². The Hall–Kier alpha value is 0.350. The molecule has 0 aromatic carbocycles. The average Bonchev–Trinajstić information content (AvgIpc) is 2.24. The summed E-state index contributed by atoms with van der Waals surface area (Å²) in [4.78, 5) is 4.54. The SMILES string of the molecule is CCNC(=NCCCC(C)C)NCCSC.I. The van der Waals surface area contributed by atoms with Crippen LogP contribution >= 0.6 is 35.7 Å². The fraction of sp³-hybridized carbons (Fsp3) is 0.917. The Morgan fingerprint density at radius 2 is 2.00 bits per heavy atom. The molecule has 0 saturated heterocycles. The van der Waals surface area contributed by atoms with E-state index in [-0.39, 0.29) is 24.0 Å². The van der Waals surface area contributed by atoms with Crippen LogP contribution in [0.4, 0.5) is 0 Å². The van der Waals surface area contributed by atoms with Gasteiger partial charge in [0.1, 0.15) is 0 Å². The number of nitrogens with one attached hydrogen (secondary N) is 2. The van der Waals surface area contributed by atoms with E-state index in [1.807, 2.05) is 11.8 Å². The molecule has 5 heteroatoms. The fourth-order valence-corrected chi connectivity index (χ4v) is 1.61. The van der Waals surface area contributed by atoms with E-state index in [1.54, 1.807) is 0 Å². The topological polar surface area (TPSA) is 36.4 Å². The molecule has 17 heavy (non-hydrogen) atoms. The van der Waals surface area contributed by atoms with E-state index in [0.29, 0.717) is 0 Å². The number of thioether (sulfide) groups is 1. The van der Waals surface area contributed by atoms with Gasteiger partial charge in [0.25, 0.3) is 0 Å². The zero-order valence-corrected chi connectivity index (χ0v) is 14.7. The lowest BCUT2D eigenvalue weighted by molar-refractivity contribution is 0.560. The van der Waals surface area contributed by atoms with E-state index < -0.39 is 0 Å². The van der Waals surface area contributed by atoms with E-state index in [4.69, 9.17) is 0 Å². The molecule has 0 radical (unpaired) electrons. The molecule has 3 nitrogen and oxygen atoms in total. The van der Waals surface area contributed by atoms with Gasteiger partial charge in [0, 0.05) is 25.4 Å². The Morgan fingerprint density at radius 1 is 1.29 bits per heavy atom. The lowest BCUT2D eigenvalue weighted by Crippen LogP contribution is -2.38. The molecule has 0 rings (SSSR count). The molecule has 0 atom stereocenters. The zero-order chi connectivity index (χ0) is 12.2. The van der Waals surface area contributed by atoms with Crippen molar-refractivity contribution in [2.75, 3.05) is 31.6 Å². The maximum Gasteiger partial charge on any atom is 0.191 e. The van der Waals surface area contributed by atoms with Gasteiger partial charge in [-0.2, -0.15) is 11.8 Å². The molecule has 0 unspecified atom stereocenters. The van der Waals surface area contributed by atoms with Crippen molar-refractivity contribution in [3.63, 3.8) is 0 Å². The summed E-state index contributed by atoms with van der Waals surface area (Å²) in [6, 6.07) is 0. The standard InChI is InChI=1S/C12H27N3S.HI/c1-5-13-12(15-9-10-16-4)14-8-6-7-11(2)3;/h11H,5-10H2,1-4H3,(H2,13,14,15);1H. The summed E-state index contributed by atoms with van der Waals surface area (Å²) < 4.78 is 0. The average molecular weight is 373 g/mol. The maximum absolute atomic E-state index is 4.54. The summed E-state index contributed by atoms with van der Waals surface area (Å²) in [6.45, 7) is 9.44. The van der Waals surface area contributed by atoms with Crippen LogP contribution in [0.2, 0.25) is 0 Å². The van der Waals surface area contributed by atoms with Crippen LogP contribution in [0.25, 0.3) is 0 Å². The number of nitrogens with zero attached hydrogens (tertiary/aromatic N) is 1. The molecule has 0 aromatic heterocycles. The van der Waals surface area contributed by atoms with Crippen LogP contribution in [-0.4, -0.2) is 37.6 Å². The molecule has 0 bridgehead atoms. The minimum absolute atomic E-state index is 0. The summed E-state index contributed by atoms with van der Waals surface area (Å²) in [5, 5.41) is 6.59. The molecule has 0 saturated carbocycles. The van der Waals surface area contributed by atoms with E-state index in [0.717, 1.165) is 37.3 Å². The second kappa shape index (κ2) is 14.4. The van der Waals surface area contributed by atoms with Crippen molar-refractivity contribution in [2.45, 2.75) is 33.6 Å². The third-order valence-corrected chi connectivity index (χ3v) is 2.76. The Bertz CT molecular complexity index is 187. The van der Waals surface area contributed by atoms with Crippen molar-refractivity contribution in [2.24, 2.45) is 10.9 Å². The number of aliphatic imine (C=N–C) groups is 1. The van der Waals surface area contributed by atoms with Crippen LogP contribution in [0, 0.1) is 5.92 Å². The van der Waals surface area contributed by atoms with Gasteiger partial charge < -0.3 is 10.6 Å². The third kappa shape index (κ3) is 14.3. The second-order valence-corrected chi connectivity index (χ2v) is 5.20. The van der Waals surface area contributed by atoms with Gasteiger partial charge in [-0.25, -0.2) is 0 Å². The van der Waals surface area contributed by atoms with Gasteiger partial charge in [0.2, 0.25) is 0 Å². The van der Waals surface area contributed by atoms with Gasteiger partial charge in [-0.3, -0.25) is 4.99 Å². The van der Waals surface area contributed by atoms with Crippen molar-refractivity contribution >= 4 is 41.7 Å². The van der Waals surface area contributed by atoms with Gasteiger partial charge in [0.15, 0.2) is 5.96 Å². The van der Waals surface area contributed by atoms with Gasteiger partial charge in [-0.15, -0.1) is 24.0 Å². The first kappa shape index (κ1) is 19.7. The number of hydrogen-bond acceptors (Lipinski definition) is 2. The largest absolute Gasteiger partial charge is 0.357 e. The number of halogens is 1. The van der Waals surface area contributed by atoms with Gasteiger partial charge in [-0.05, 0) is 31.9 Å². The second-order valence-electron chi connectivity index (χ2n) is 4.22. The number of rotatable bonds is 8. The highest BCUT2D eigenvalue weighted by Gasteiger charge is 1.96. The quantitative estimate of drug-likeness (QED) is 0.297. The number of guanidine groups is 1. The van der Waals surface area contributed by atoms with Gasteiger partial charge >= 0.3 is 0 Å². The zero-order valence-electron chi connectivity index (χ0n) is 11.6. The molecular weight excluding hydrogens is 345 g/mol. The molecule has 0 aromatic rings. The molecule has 0 spiro atoms.